The smallest absolute Gasteiger partial charge is 0.287 e. The fourth-order valence-corrected chi connectivity index (χ4v) is 3.17. The van der Waals surface area contributed by atoms with Gasteiger partial charge in [0.25, 0.3) is 5.91 Å². The van der Waals surface area contributed by atoms with Crippen molar-refractivity contribution in [3.8, 4) is 0 Å². The summed E-state index contributed by atoms with van der Waals surface area (Å²) in [5, 5.41) is 14.4. The summed E-state index contributed by atoms with van der Waals surface area (Å²) in [4.78, 5) is 12.3. The summed E-state index contributed by atoms with van der Waals surface area (Å²) in [5.74, 6) is -0.0419. The van der Waals surface area contributed by atoms with Crippen LogP contribution in [-0.2, 0) is 0 Å². The Bertz CT molecular complexity index is 686. The van der Waals surface area contributed by atoms with Crippen molar-refractivity contribution >= 4 is 28.5 Å². The van der Waals surface area contributed by atoms with Gasteiger partial charge in [0.05, 0.1) is 10.6 Å². The van der Waals surface area contributed by atoms with Gasteiger partial charge in [-0.3, -0.25) is 4.79 Å². The van der Waals surface area contributed by atoms with Crippen molar-refractivity contribution in [2.45, 2.75) is 38.2 Å². The van der Waals surface area contributed by atoms with Crippen LogP contribution in [0.1, 0.15) is 41.8 Å². The van der Waals surface area contributed by atoms with E-state index >= 15 is 0 Å². The Morgan fingerprint density at radius 1 is 1.43 bits per heavy atom. The zero-order valence-corrected chi connectivity index (χ0v) is 12.7. The Hall–Kier alpha value is -1.52. The van der Waals surface area contributed by atoms with Gasteiger partial charge >= 0.3 is 0 Å². The van der Waals surface area contributed by atoms with E-state index in [1.165, 1.54) is 0 Å². The summed E-state index contributed by atoms with van der Waals surface area (Å²) < 4.78 is 5.61. The highest BCUT2D eigenvalue weighted by atomic mass is 35.5. The third-order valence-corrected chi connectivity index (χ3v) is 4.53. The number of hydrogen-bond acceptors (Lipinski definition) is 3. The molecule has 1 heterocycles. The fraction of sp³-hybridized carbons (Fsp3) is 0.438. The second kappa shape index (κ2) is 5.35. The number of aryl methyl sites for hydroxylation is 1. The maximum absolute atomic E-state index is 12.3. The first-order valence-corrected chi connectivity index (χ1v) is 7.56. The van der Waals surface area contributed by atoms with Crippen molar-refractivity contribution < 1.29 is 14.3 Å². The lowest BCUT2D eigenvalue weighted by atomic mass is 10.0. The third kappa shape index (κ3) is 2.65. The number of hydrogen-bond donors (Lipinski definition) is 2. The number of aliphatic hydroxyl groups is 1. The molecule has 0 bridgehead atoms. The number of nitrogens with one attached hydrogen (secondary N) is 1. The molecule has 2 N–H and O–H groups in total. The van der Waals surface area contributed by atoms with Gasteiger partial charge < -0.3 is 14.8 Å². The molecule has 21 heavy (non-hydrogen) atoms. The summed E-state index contributed by atoms with van der Waals surface area (Å²) in [5.41, 5.74) is 0.526. The van der Waals surface area contributed by atoms with Gasteiger partial charge in [0.1, 0.15) is 0 Å². The van der Waals surface area contributed by atoms with Crippen LogP contribution in [0.25, 0.3) is 11.0 Å². The van der Waals surface area contributed by atoms with E-state index in [2.05, 4.69) is 5.32 Å². The number of carbonyl (C=O) groups is 1. The van der Waals surface area contributed by atoms with Crippen LogP contribution in [0.2, 0.25) is 5.02 Å². The van der Waals surface area contributed by atoms with Crippen molar-refractivity contribution in [3.63, 3.8) is 0 Å². The molecule has 1 fully saturated rings. The molecule has 1 aromatic heterocycles. The second-order valence-corrected chi connectivity index (χ2v) is 6.19. The SMILES string of the molecule is Cc1c(C(=O)NCC2(O)CCCC2)oc2c(Cl)cccc12. The van der Waals surface area contributed by atoms with Crippen LogP contribution in [0.5, 0.6) is 0 Å². The molecule has 2 aromatic rings. The molecule has 1 aliphatic rings. The second-order valence-electron chi connectivity index (χ2n) is 5.79. The van der Waals surface area contributed by atoms with E-state index in [4.69, 9.17) is 16.0 Å². The van der Waals surface area contributed by atoms with Gasteiger partial charge in [-0.15, -0.1) is 0 Å². The zero-order valence-electron chi connectivity index (χ0n) is 11.9. The minimum atomic E-state index is -0.771. The molecule has 3 rings (SSSR count). The minimum Gasteiger partial charge on any atom is -0.449 e. The zero-order chi connectivity index (χ0) is 15.0. The molecular weight excluding hydrogens is 290 g/mol. The quantitative estimate of drug-likeness (QED) is 0.913. The largest absolute Gasteiger partial charge is 0.449 e. The van der Waals surface area contributed by atoms with Crippen molar-refractivity contribution in [2.24, 2.45) is 0 Å². The first kappa shape index (κ1) is 14.4. The molecule has 0 atom stereocenters. The molecule has 5 heteroatoms. The van der Waals surface area contributed by atoms with E-state index < -0.39 is 5.60 Å². The molecule has 4 nitrogen and oxygen atoms in total. The van der Waals surface area contributed by atoms with Gasteiger partial charge in [0, 0.05) is 17.5 Å². The summed E-state index contributed by atoms with van der Waals surface area (Å²) in [7, 11) is 0. The molecule has 112 valence electrons. The average Bonchev–Trinajstić information content (AvgIpc) is 3.03. The number of amides is 1. The van der Waals surface area contributed by atoms with Gasteiger partial charge in [-0.1, -0.05) is 36.6 Å². The Kier molecular flexibility index (Phi) is 3.68. The van der Waals surface area contributed by atoms with Gasteiger partial charge in [-0.05, 0) is 25.8 Å². The number of halogens is 1. The van der Waals surface area contributed by atoms with Gasteiger partial charge in [0.2, 0.25) is 0 Å². The lowest BCUT2D eigenvalue weighted by Gasteiger charge is -2.21. The highest BCUT2D eigenvalue weighted by molar-refractivity contribution is 6.35. The van der Waals surface area contributed by atoms with Crippen LogP contribution in [0.15, 0.2) is 22.6 Å². The molecule has 1 saturated carbocycles. The molecule has 0 spiro atoms. The standard InChI is InChI=1S/C16H18ClNO3/c1-10-11-5-4-6-12(17)14(11)21-13(10)15(19)18-9-16(20)7-2-3-8-16/h4-6,20H,2-3,7-9H2,1H3,(H,18,19). The van der Waals surface area contributed by atoms with Crippen LogP contribution in [0, 0.1) is 6.92 Å². The van der Waals surface area contributed by atoms with Crippen molar-refractivity contribution in [2.75, 3.05) is 6.54 Å². The molecule has 0 radical (unpaired) electrons. The lowest BCUT2D eigenvalue weighted by Crippen LogP contribution is -2.40. The predicted molar refractivity (Wildman–Crippen MR) is 81.7 cm³/mol. The molecule has 0 aliphatic heterocycles. The fourth-order valence-electron chi connectivity index (χ4n) is 2.96. The van der Waals surface area contributed by atoms with E-state index in [9.17, 15) is 9.90 Å². The van der Waals surface area contributed by atoms with E-state index in [1.54, 1.807) is 6.07 Å². The monoisotopic (exact) mass is 307 g/mol. The van der Waals surface area contributed by atoms with Crippen LogP contribution in [0.4, 0.5) is 0 Å². The molecule has 1 aliphatic carbocycles. The molecule has 1 amide bonds. The Balaban J connectivity index is 1.81. The van der Waals surface area contributed by atoms with E-state index in [-0.39, 0.29) is 18.2 Å². The first-order chi connectivity index (χ1) is 10.0. The number of rotatable bonds is 3. The van der Waals surface area contributed by atoms with Crippen LogP contribution in [0.3, 0.4) is 0 Å². The summed E-state index contributed by atoms with van der Waals surface area (Å²) >= 11 is 6.08. The Morgan fingerprint density at radius 2 is 2.14 bits per heavy atom. The molecule has 1 aromatic carbocycles. The molecule has 0 saturated heterocycles. The molecular formula is C16H18ClNO3. The van der Waals surface area contributed by atoms with Gasteiger partial charge in [-0.25, -0.2) is 0 Å². The maximum Gasteiger partial charge on any atom is 0.287 e. The number of para-hydroxylation sites is 1. The number of fused-ring (bicyclic) bond motifs is 1. The van der Waals surface area contributed by atoms with Crippen LogP contribution < -0.4 is 5.32 Å². The summed E-state index contributed by atoms with van der Waals surface area (Å²) in [6.45, 7) is 2.09. The van der Waals surface area contributed by atoms with E-state index in [0.29, 0.717) is 10.6 Å². The summed E-state index contributed by atoms with van der Waals surface area (Å²) in [6.07, 6.45) is 3.48. The van der Waals surface area contributed by atoms with E-state index in [0.717, 1.165) is 36.6 Å². The number of furan rings is 1. The van der Waals surface area contributed by atoms with Crippen LogP contribution >= 0.6 is 11.6 Å². The first-order valence-electron chi connectivity index (χ1n) is 7.18. The number of carbonyl (C=O) groups excluding carboxylic acids is 1. The maximum atomic E-state index is 12.3. The normalized spacial score (nSPS) is 17.3. The predicted octanol–water partition coefficient (Wildman–Crippen LogP) is 3.43. The Morgan fingerprint density at radius 3 is 2.81 bits per heavy atom. The average molecular weight is 308 g/mol. The Labute approximate surface area is 128 Å². The van der Waals surface area contributed by atoms with Crippen molar-refractivity contribution in [3.05, 3.63) is 34.5 Å². The lowest BCUT2D eigenvalue weighted by molar-refractivity contribution is 0.0444. The third-order valence-electron chi connectivity index (χ3n) is 4.23. The minimum absolute atomic E-state index is 0.260. The summed E-state index contributed by atoms with van der Waals surface area (Å²) in [6, 6.07) is 5.44. The topological polar surface area (TPSA) is 62.5 Å². The van der Waals surface area contributed by atoms with Crippen molar-refractivity contribution in [1.29, 1.82) is 0 Å². The van der Waals surface area contributed by atoms with Crippen LogP contribution in [-0.4, -0.2) is 23.2 Å². The number of benzene rings is 1. The van der Waals surface area contributed by atoms with Gasteiger partial charge in [-0.2, -0.15) is 0 Å². The highest BCUT2D eigenvalue weighted by Crippen LogP contribution is 2.31. The molecule has 0 unspecified atom stereocenters. The van der Waals surface area contributed by atoms with E-state index in [1.807, 2.05) is 19.1 Å². The van der Waals surface area contributed by atoms with Gasteiger partial charge in [0.15, 0.2) is 11.3 Å². The highest BCUT2D eigenvalue weighted by Gasteiger charge is 2.32. The van der Waals surface area contributed by atoms with Crippen molar-refractivity contribution in [1.82, 2.24) is 5.32 Å².